The van der Waals surface area contributed by atoms with E-state index < -0.39 is 0 Å². The van der Waals surface area contributed by atoms with Crippen molar-refractivity contribution in [2.24, 2.45) is 0 Å². The molecule has 0 aliphatic carbocycles. The quantitative estimate of drug-likeness (QED) is 0.564. The molecule has 0 fully saturated rings. The highest BCUT2D eigenvalue weighted by Gasteiger charge is 2.21. The molecule has 3 N–H and O–H groups in total. The van der Waals surface area contributed by atoms with Gasteiger partial charge in [0.15, 0.2) is 11.5 Å². The van der Waals surface area contributed by atoms with Crippen LogP contribution in [0, 0.1) is 0 Å². The molecule has 1 aromatic carbocycles. The maximum atomic E-state index is 9.62. The zero-order chi connectivity index (χ0) is 10.1. The van der Waals surface area contributed by atoms with Gasteiger partial charge in [0.25, 0.3) is 0 Å². The standard InChI is InChI=1S/C11H15NO2.ClH/c1-7-9-6-11(14-2)10(13)5-8(9)3-4-12-7;/h5-7,12-13H,3-4H2,1-2H3;1H/t7-;/m1./s1. The van der Waals surface area contributed by atoms with Gasteiger partial charge in [0.1, 0.15) is 6.04 Å². The summed E-state index contributed by atoms with van der Waals surface area (Å²) >= 11 is 0. The molecule has 2 rings (SSSR count). The molecule has 1 aliphatic rings. The molecule has 4 heteroatoms. The van der Waals surface area contributed by atoms with Gasteiger partial charge in [-0.3, -0.25) is 0 Å². The number of phenols is 1. The highest BCUT2D eigenvalue weighted by Crippen LogP contribution is 2.32. The second-order valence-corrected chi connectivity index (χ2v) is 3.79. The molecule has 1 atom stereocenters. The molecule has 0 unspecified atom stereocenters. The molecule has 1 aromatic rings. The lowest BCUT2D eigenvalue weighted by molar-refractivity contribution is -0.695. The van der Waals surface area contributed by atoms with Crippen molar-refractivity contribution in [3.63, 3.8) is 0 Å². The summed E-state index contributed by atoms with van der Waals surface area (Å²) in [5.74, 6) is 0.825. The average Bonchev–Trinajstić information content (AvgIpc) is 2.17. The second-order valence-electron chi connectivity index (χ2n) is 3.79. The van der Waals surface area contributed by atoms with Crippen molar-refractivity contribution in [2.75, 3.05) is 13.7 Å². The number of aromatic hydroxyl groups is 1. The highest BCUT2D eigenvalue weighted by molar-refractivity contribution is 5.47. The second kappa shape index (κ2) is 4.73. The van der Waals surface area contributed by atoms with E-state index in [2.05, 4.69) is 12.2 Å². The van der Waals surface area contributed by atoms with E-state index in [-0.39, 0.29) is 18.2 Å². The van der Waals surface area contributed by atoms with Crippen LogP contribution in [0.1, 0.15) is 24.1 Å². The molecule has 0 aromatic heterocycles. The smallest absolute Gasteiger partial charge is 0.161 e. The fourth-order valence-corrected chi connectivity index (χ4v) is 2.05. The van der Waals surface area contributed by atoms with Crippen molar-refractivity contribution in [1.29, 1.82) is 0 Å². The third-order valence-corrected chi connectivity index (χ3v) is 2.87. The van der Waals surface area contributed by atoms with Crippen molar-refractivity contribution >= 4 is 0 Å². The molecule has 1 heterocycles. The number of fused-ring (bicyclic) bond motifs is 1. The van der Waals surface area contributed by atoms with Gasteiger partial charge in [0.2, 0.25) is 0 Å². The summed E-state index contributed by atoms with van der Waals surface area (Å²) in [6, 6.07) is 4.25. The first kappa shape index (κ1) is 12.1. The Morgan fingerprint density at radius 2 is 2.20 bits per heavy atom. The van der Waals surface area contributed by atoms with Crippen molar-refractivity contribution in [3.8, 4) is 11.5 Å². The van der Waals surface area contributed by atoms with Gasteiger partial charge < -0.3 is 27.6 Å². The zero-order valence-electron chi connectivity index (χ0n) is 8.96. The van der Waals surface area contributed by atoms with Gasteiger partial charge >= 0.3 is 0 Å². The fourth-order valence-electron chi connectivity index (χ4n) is 2.05. The summed E-state index contributed by atoms with van der Waals surface area (Å²) in [5.41, 5.74) is 2.53. The van der Waals surface area contributed by atoms with Gasteiger partial charge in [-0.2, -0.15) is 0 Å². The maximum Gasteiger partial charge on any atom is 0.161 e. The largest absolute Gasteiger partial charge is 1.00 e. The normalized spacial score (nSPS) is 18.9. The van der Waals surface area contributed by atoms with Crippen LogP contribution in [-0.2, 0) is 6.42 Å². The van der Waals surface area contributed by atoms with Crippen LogP contribution in [0.5, 0.6) is 11.5 Å². The molecule has 0 saturated carbocycles. The van der Waals surface area contributed by atoms with Gasteiger partial charge in [-0.25, -0.2) is 0 Å². The predicted octanol–water partition coefficient (Wildman–Crippen LogP) is -2.41. The van der Waals surface area contributed by atoms with Crippen molar-refractivity contribution in [2.45, 2.75) is 19.4 Å². The van der Waals surface area contributed by atoms with Crippen LogP contribution in [0.4, 0.5) is 0 Å². The van der Waals surface area contributed by atoms with E-state index in [9.17, 15) is 5.11 Å². The summed E-state index contributed by atoms with van der Waals surface area (Å²) in [4.78, 5) is 0. The number of phenolic OH excluding ortho intramolecular Hbond substituents is 1. The Bertz CT molecular complexity index is 355. The Morgan fingerprint density at radius 3 is 2.87 bits per heavy atom. The summed E-state index contributed by atoms with van der Waals surface area (Å²) < 4.78 is 5.10. The monoisotopic (exact) mass is 229 g/mol. The molecule has 1 aliphatic heterocycles. The number of ether oxygens (including phenoxy) is 1. The Labute approximate surface area is 95.9 Å². The predicted molar refractivity (Wildman–Crippen MR) is 53.6 cm³/mol. The van der Waals surface area contributed by atoms with Gasteiger partial charge in [0, 0.05) is 12.0 Å². The molecular formula is C11H16ClNO2. The number of quaternary nitrogens is 1. The van der Waals surface area contributed by atoms with E-state index >= 15 is 0 Å². The summed E-state index contributed by atoms with van der Waals surface area (Å²) in [6.45, 7) is 3.27. The summed E-state index contributed by atoms with van der Waals surface area (Å²) in [5, 5.41) is 11.9. The molecule has 0 saturated heterocycles. The third-order valence-electron chi connectivity index (χ3n) is 2.87. The number of methoxy groups -OCH3 is 1. The number of hydrogen-bond donors (Lipinski definition) is 2. The summed E-state index contributed by atoms with van der Waals surface area (Å²) in [6.07, 6.45) is 1.03. The van der Waals surface area contributed by atoms with Crippen molar-refractivity contribution in [3.05, 3.63) is 23.3 Å². The fraction of sp³-hybridized carbons (Fsp3) is 0.455. The Hall–Kier alpha value is -0.930. The van der Waals surface area contributed by atoms with E-state index in [1.54, 1.807) is 7.11 Å². The van der Waals surface area contributed by atoms with Crippen LogP contribution in [-0.4, -0.2) is 18.8 Å². The first-order valence-electron chi connectivity index (χ1n) is 4.95. The lowest BCUT2D eigenvalue weighted by Crippen LogP contribution is -3.00. The van der Waals surface area contributed by atoms with Gasteiger partial charge in [-0.15, -0.1) is 0 Å². The number of hydrogen-bond acceptors (Lipinski definition) is 2. The number of nitrogens with two attached hydrogens (primary N) is 1. The highest BCUT2D eigenvalue weighted by atomic mass is 35.5. The first-order valence-corrected chi connectivity index (χ1v) is 4.95. The van der Waals surface area contributed by atoms with Crippen molar-refractivity contribution < 1.29 is 27.6 Å². The number of rotatable bonds is 1. The SMILES string of the molecule is COc1cc2c(cc1O)CC[NH2+][C@@H]2C.[Cl-]. The number of benzene rings is 1. The van der Waals surface area contributed by atoms with E-state index in [0.717, 1.165) is 13.0 Å². The Morgan fingerprint density at radius 1 is 1.47 bits per heavy atom. The van der Waals surface area contributed by atoms with Gasteiger partial charge in [-0.1, -0.05) is 0 Å². The van der Waals surface area contributed by atoms with Crippen molar-refractivity contribution in [1.82, 2.24) is 0 Å². The minimum absolute atomic E-state index is 0. The lowest BCUT2D eigenvalue weighted by atomic mass is 9.95. The Kier molecular flexibility index (Phi) is 3.83. The minimum Gasteiger partial charge on any atom is -1.00 e. The van der Waals surface area contributed by atoms with Crippen LogP contribution >= 0.6 is 0 Å². The van der Waals surface area contributed by atoms with E-state index in [1.807, 2.05) is 12.1 Å². The van der Waals surface area contributed by atoms with Gasteiger partial charge in [0.05, 0.1) is 13.7 Å². The van der Waals surface area contributed by atoms with Crippen LogP contribution < -0.4 is 22.5 Å². The van der Waals surface area contributed by atoms with Crippen LogP contribution in [0.25, 0.3) is 0 Å². The summed E-state index contributed by atoms with van der Waals surface area (Å²) in [7, 11) is 1.58. The molecule has 0 radical (unpaired) electrons. The topological polar surface area (TPSA) is 46.1 Å². The molecule has 0 amide bonds. The first-order chi connectivity index (χ1) is 6.72. The van der Waals surface area contributed by atoms with Crippen LogP contribution in [0.3, 0.4) is 0 Å². The molecular weight excluding hydrogens is 214 g/mol. The lowest BCUT2D eigenvalue weighted by Gasteiger charge is -2.21. The molecule has 0 bridgehead atoms. The van der Waals surface area contributed by atoms with Gasteiger partial charge in [-0.05, 0) is 24.6 Å². The van der Waals surface area contributed by atoms with E-state index in [0.29, 0.717) is 11.8 Å². The molecule has 0 spiro atoms. The van der Waals surface area contributed by atoms with E-state index in [4.69, 9.17) is 4.74 Å². The Balaban J connectivity index is 0.00000112. The minimum atomic E-state index is 0. The third kappa shape index (κ3) is 2.19. The maximum absolute atomic E-state index is 9.62. The van der Waals surface area contributed by atoms with Crippen LogP contribution in [0.15, 0.2) is 12.1 Å². The zero-order valence-corrected chi connectivity index (χ0v) is 9.71. The average molecular weight is 230 g/mol. The molecule has 84 valence electrons. The van der Waals surface area contributed by atoms with E-state index in [1.165, 1.54) is 11.1 Å². The number of halogens is 1. The molecule has 3 nitrogen and oxygen atoms in total. The molecule has 15 heavy (non-hydrogen) atoms. The van der Waals surface area contributed by atoms with Crippen LogP contribution in [0.2, 0.25) is 0 Å².